The van der Waals surface area contributed by atoms with Crippen LogP contribution in [0.15, 0.2) is 28.8 Å². The highest BCUT2D eigenvalue weighted by Gasteiger charge is 2.44. The van der Waals surface area contributed by atoms with Gasteiger partial charge in [-0.1, -0.05) is 30.3 Å². The first-order chi connectivity index (χ1) is 9.24. The van der Waals surface area contributed by atoms with Gasteiger partial charge in [0.25, 0.3) is 0 Å². The zero-order valence-corrected chi connectivity index (χ0v) is 11.0. The Morgan fingerprint density at radius 3 is 3.00 bits per heavy atom. The van der Waals surface area contributed by atoms with Crippen LogP contribution in [0.25, 0.3) is 0 Å². The molecule has 1 aliphatic carbocycles. The van der Waals surface area contributed by atoms with E-state index in [2.05, 4.69) is 46.6 Å². The number of benzene rings is 1. The average Bonchev–Trinajstić information content (AvgIpc) is 3.02. The van der Waals surface area contributed by atoms with E-state index in [4.69, 9.17) is 4.52 Å². The van der Waals surface area contributed by atoms with Crippen LogP contribution in [0.5, 0.6) is 0 Å². The molecule has 2 aromatic rings. The van der Waals surface area contributed by atoms with Gasteiger partial charge in [0.2, 0.25) is 5.89 Å². The Kier molecular flexibility index (Phi) is 2.22. The zero-order valence-electron chi connectivity index (χ0n) is 11.0. The van der Waals surface area contributed by atoms with E-state index in [0.29, 0.717) is 5.92 Å². The maximum absolute atomic E-state index is 5.48. The van der Waals surface area contributed by atoms with Gasteiger partial charge in [0, 0.05) is 17.6 Å². The molecule has 0 amide bonds. The van der Waals surface area contributed by atoms with Crippen LogP contribution in [-0.2, 0) is 11.8 Å². The lowest BCUT2D eigenvalue weighted by atomic mass is 9.94. The topological polar surface area (TPSA) is 51.0 Å². The molecule has 98 valence electrons. The van der Waals surface area contributed by atoms with Crippen molar-refractivity contribution < 1.29 is 4.52 Å². The molecule has 1 fully saturated rings. The molecule has 0 spiro atoms. The Morgan fingerprint density at radius 2 is 2.16 bits per heavy atom. The van der Waals surface area contributed by atoms with Crippen LogP contribution in [0.1, 0.15) is 43.0 Å². The second-order valence-corrected chi connectivity index (χ2v) is 5.96. The van der Waals surface area contributed by atoms with E-state index in [1.807, 2.05) is 0 Å². The third kappa shape index (κ3) is 1.82. The minimum Gasteiger partial charge on any atom is -0.384 e. The lowest BCUT2D eigenvalue weighted by Gasteiger charge is -2.23. The van der Waals surface area contributed by atoms with E-state index in [1.165, 1.54) is 24.1 Å². The molecule has 2 aliphatic rings. The number of anilines is 1. The molecule has 1 aromatic carbocycles. The van der Waals surface area contributed by atoms with Crippen molar-refractivity contribution in [1.29, 1.82) is 0 Å². The smallest absolute Gasteiger partial charge is 0.231 e. The van der Waals surface area contributed by atoms with Crippen LogP contribution in [0, 0.1) is 0 Å². The number of aromatic nitrogens is 2. The molecule has 1 atom stereocenters. The summed E-state index contributed by atoms with van der Waals surface area (Å²) in [5, 5.41) is 7.61. The molecule has 1 aliphatic heterocycles. The third-order valence-electron chi connectivity index (χ3n) is 4.35. The molecule has 2 heterocycles. The van der Waals surface area contributed by atoms with Gasteiger partial charge in [-0.25, -0.2) is 0 Å². The van der Waals surface area contributed by atoms with Gasteiger partial charge in [0.15, 0.2) is 5.82 Å². The summed E-state index contributed by atoms with van der Waals surface area (Å²) in [6.07, 6.45) is 3.33. The Balaban J connectivity index is 1.59. The SMILES string of the molecule is CC1(c2noc(C3CNc4ccccc4C3)n2)CC1. The lowest BCUT2D eigenvalue weighted by Crippen LogP contribution is -2.21. The highest BCUT2D eigenvalue weighted by atomic mass is 16.5. The van der Waals surface area contributed by atoms with E-state index in [0.717, 1.165) is 24.7 Å². The summed E-state index contributed by atoms with van der Waals surface area (Å²) in [5.74, 6) is 1.96. The highest BCUT2D eigenvalue weighted by molar-refractivity contribution is 5.53. The van der Waals surface area contributed by atoms with Crippen LogP contribution in [0.3, 0.4) is 0 Å². The minimum atomic E-state index is 0.182. The summed E-state index contributed by atoms with van der Waals surface area (Å²) >= 11 is 0. The van der Waals surface area contributed by atoms with E-state index in [-0.39, 0.29) is 5.41 Å². The van der Waals surface area contributed by atoms with Gasteiger partial charge in [-0.3, -0.25) is 0 Å². The third-order valence-corrected chi connectivity index (χ3v) is 4.35. The fourth-order valence-corrected chi connectivity index (χ4v) is 2.67. The molecule has 4 nitrogen and oxygen atoms in total. The molecule has 0 bridgehead atoms. The molecule has 0 radical (unpaired) electrons. The minimum absolute atomic E-state index is 0.182. The average molecular weight is 255 g/mol. The van der Waals surface area contributed by atoms with Crippen molar-refractivity contribution in [2.45, 2.75) is 37.5 Å². The first kappa shape index (κ1) is 11.0. The molecule has 1 saturated carbocycles. The number of rotatable bonds is 2. The quantitative estimate of drug-likeness (QED) is 0.896. The van der Waals surface area contributed by atoms with Gasteiger partial charge in [-0.05, 0) is 30.9 Å². The lowest BCUT2D eigenvalue weighted by molar-refractivity contribution is 0.347. The van der Waals surface area contributed by atoms with Crippen molar-refractivity contribution >= 4 is 5.69 Å². The molecule has 1 N–H and O–H groups in total. The fourth-order valence-electron chi connectivity index (χ4n) is 2.67. The number of hydrogen-bond acceptors (Lipinski definition) is 4. The van der Waals surface area contributed by atoms with Gasteiger partial charge in [0.1, 0.15) is 0 Å². The van der Waals surface area contributed by atoms with Gasteiger partial charge in [-0.2, -0.15) is 4.98 Å². The number of nitrogens with one attached hydrogen (secondary N) is 1. The summed E-state index contributed by atoms with van der Waals surface area (Å²) < 4.78 is 5.48. The standard InChI is InChI=1S/C15H17N3O/c1-15(6-7-15)14-17-13(19-18-14)11-8-10-4-2-3-5-12(10)16-9-11/h2-5,11,16H,6-9H2,1H3. The molecule has 4 rings (SSSR count). The molecular formula is C15H17N3O. The largest absolute Gasteiger partial charge is 0.384 e. The van der Waals surface area contributed by atoms with Gasteiger partial charge in [-0.15, -0.1) is 0 Å². The number of para-hydroxylation sites is 1. The summed E-state index contributed by atoms with van der Waals surface area (Å²) in [6, 6.07) is 8.42. The van der Waals surface area contributed by atoms with Crippen molar-refractivity contribution in [3.8, 4) is 0 Å². The van der Waals surface area contributed by atoms with E-state index in [9.17, 15) is 0 Å². The number of fused-ring (bicyclic) bond motifs is 1. The van der Waals surface area contributed by atoms with Gasteiger partial charge >= 0.3 is 0 Å². The molecule has 1 unspecified atom stereocenters. The first-order valence-corrected chi connectivity index (χ1v) is 6.90. The van der Waals surface area contributed by atoms with Gasteiger partial charge < -0.3 is 9.84 Å². The summed E-state index contributed by atoms with van der Waals surface area (Å²) in [7, 11) is 0. The summed E-state index contributed by atoms with van der Waals surface area (Å²) in [5.41, 5.74) is 2.74. The predicted octanol–water partition coefficient (Wildman–Crippen LogP) is 2.87. The highest BCUT2D eigenvalue weighted by Crippen LogP contribution is 2.46. The Bertz CT molecular complexity index is 615. The van der Waals surface area contributed by atoms with Crippen LogP contribution in [0.4, 0.5) is 5.69 Å². The van der Waals surface area contributed by atoms with Crippen LogP contribution in [0.2, 0.25) is 0 Å². The second kappa shape index (κ2) is 3.83. The van der Waals surface area contributed by atoms with Crippen molar-refractivity contribution in [2.24, 2.45) is 0 Å². The Labute approximate surface area is 112 Å². The van der Waals surface area contributed by atoms with Crippen molar-refractivity contribution in [3.63, 3.8) is 0 Å². The summed E-state index contributed by atoms with van der Waals surface area (Å²) in [6.45, 7) is 3.07. The van der Waals surface area contributed by atoms with Crippen molar-refractivity contribution in [1.82, 2.24) is 10.1 Å². The van der Waals surface area contributed by atoms with Crippen LogP contribution in [-0.4, -0.2) is 16.7 Å². The van der Waals surface area contributed by atoms with Crippen molar-refractivity contribution in [3.05, 3.63) is 41.5 Å². The molecular weight excluding hydrogens is 238 g/mol. The molecule has 0 saturated heterocycles. The first-order valence-electron chi connectivity index (χ1n) is 6.90. The normalized spacial score (nSPS) is 23.5. The number of nitrogens with zero attached hydrogens (tertiary/aromatic N) is 2. The maximum Gasteiger partial charge on any atom is 0.231 e. The Morgan fingerprint density at radius 1 is 1.32 bits per heavy atom. The molecule has 19 heavy (non-hydrogen) atoms. The van der Waals surface area contributed by atoms with Gasteiger partial charge in [0.05, 0.1) is 5.92 Å². The van der Waals surface area contributed by atoms with E-state index >= 15 is 0 Å². The second-order valence-electron chi connectivity index (χ2n) is 5.96. The Hall–Kier alpha value is -1.84. The van der Waals surface area contributed by atoms with E-state index in [1.54, 1.807) is 0 Å². The molecule has 4 heteroatoms. The van der Waals surface area contributed by atoms with Crippen LogP contribution >= 0.6 is 0 Å². The van der Waals surface area contributed by atoms with Crippen molar-refractivity contribution in [2.75, 3.05) is 11.9 Å². The zero-order chi connectivity index (χ0) is 12.9. The maximum atomic E-state index is 5.48. The molecule has 1 aromatic heterocycles. The predicted molar refractivity (Wildman–Crippen MR) is 72.3 cm³/mol. The van der Waals surface area contributed by atoms with E-state index < -0.39 is 0 Å². The monoisotopic (exact) mass is 255 g/mol. The summed E-state index contributed by atoms with van der Waals surface area (Å²) in [4.78, 5) is 4.62. The number of hydrogen-bond donors (Lipinski definition) is 1. The van der Waals surface area contributed by atoms with Crippen LogP contribution < -0.4 is 5.32 Å². The fraction of sp³-hybridized carbons (Fsp3) is 0.467.